The average Bonchev–Trinajstić information content (AvgIpc) is 2.45. The third-order valence-electron chi connectivity index (χ3n) is 2.47. The van der Waals surface area contributed by atoms with E-state index in [9.17, 15) is 9.90 Å². The SMILES string of the molecule is CCOC(=O)Nc1ccc(NCC(O)CO)cc1OC. The van der Waals surface area contributed by atoms with Gasteiger partial charge in [0.05, 0.1) is 32.1 Å². The second-order valence-electron chi connectivity index (χ2n) is 3.98. The van der Waals surface area contributed by atoms with Crippen LogP contribution in [0.15, 0.2) is 18.2 Å². The molecule has 7 nitrogen and oxygen atoms in total. The van der Waals surface area contributed by atoms with Gasteiger partial charge in [0.1, 0.15) is 5.75 Å². The van der Waals surface area contributed by atoms with Crippen molar-refractivity contribution in [3.8, 4) is 5.75 Å². The van der Waals surface area contributed by atoms with Crippen LogP contribution in [0.1, 0.15) is 6.92 Å². The first-order valence-electron chi connectivity index (χ1n) is 6.25. The molecule has 4 N–H and O–H groups in total. The highest BCUT2D eigenvalue weighted by atomic mass is 16.5. The van der Waals surface area contributed by atoms with Crippen LogP contribution in [0, 0.1) is 0 Å². The Kier molecular flexibility index (Phi) is 6.61. The van der Waals surface area contributed by atoms with Crippen molar-refractivity contribution in [1.82, 2.24) is 0 Å². The van der Waals surface area contributed by atoms with Gasteiger partial charge in [-0.1, -0.05) is 0 Å². The second kappa shape index (κ2) is 8.23. The summed E-state index contributed by atoms with van der Waals surface area (Å²) in [7, 11) is 1.48. The number of amides is 1. The molecule has 0 spiro atoms. The molecule has 0 fully saturated rings. The van der Waals surface area contributed by atoms with E-state index < -0.39 is 12.2 Å². The van der Waals surface area contributed by atoms with Gasteiger partial charge in [-0.2, -0.15) is 0 Å². The molecule has 1 aromatic rings. The number of carbonyl (C=O) groups excluding carboxylic acids is 1. The lowest BCUT2D eigenvalue weighted by atomic mass is 10.2. The summed E-state index contributed by atoms with van der Waals surface area (Å²) in [5, 5.41) is 23.5. The number of methoxy groups -OCH3 is 1. The van der Waals surface area contributed by atoms with Gasteiger partial charge < -0.3 is 25.0 Å². The molecule has 1 unspecified atom stereocenters. The number of ether oxygens (including phenoxy) is 2. The molecule has 0 aromatic heterocycles. The lowest BCUT2D eigenvalue weighted by molar-refractivity contribution is 0.105. The molecular formula is C13H20N2O5. The van der Waals surface area contributed by atoms with Crippen molar-refractivity contribution < 1.29 is 24.5 Å². The molecule has 0 heterocycles. The standard InChI is InChI=1S/C13H20N2O5/c1-3-20-13(18)15-11-5-4-9(6-12(11)19-2)14-7-10(17)8-16/h4-6,10,14,16-17H,3,7-8H2,1-2H3,(H,15,18). The molecule has 0 aliphatic heterocycles. The number of hydrogen-bond donors (Lipinski definition) is 4. The van der Waals surface area contributed by atoms with Crippen molar-refractivity contribution in [2.24, 2.45) is 0 Å². The van der Waals surface area contributed by atoms with Gasteiger partial charge in [0, 0.05) is 18.3 Å². The third-order valence-corrected chi connectivity index (χ3v) is 2.47. The molecule has 112 valence electrons. The zero-order chi connectivity index (χ0) is 15.0. The van der Waals surface area contributed by atoms with Crippen molar-refractivity contribution in [1.29, 1.82) is 0 Å². The minimum absolute atomic E-state index is 0.213. The lowest BCUT2D eigenvalue weighted by Crippen LogP contribution is -2.23. The van der Waals surface area contributed by atoms with Crippen LogP contribution in [0.3, 0.4) is 0 Å². The number of nitrogens with one attached hydrogen (secondary N) is 2. The van der Waals surface area contributed by atoms with Crippen LogP contribution in [0.2, 0.25) is 0 Å². The fraction of sp³-hybridized carbons (Fsp3) is 0.462. The number of rotatable bonds is 7. The minimum atomic E-state index is -0.835. The molecule has 20 heavy (non-hydrogen) atoms. The zero-order valence-corrected chi connectivity index (χ0v) is 11.5. The van der Waals surface area contributed by atoms with E-state index in [-0.39, 0.29) is 19.8 Å². The van der Waals surface area contributed by atoms with Gasteiger partial charge in [-0.15, -0.1) is 0 Å². The van der Waals surface area contributed by atoms with E-state index in [0.29, 0.717) is 17.1 Å². The Morgan fingerprint density at radius 1 is 1.45 bits per heavy atom. The lowest BCUT2D eigenvalue weighted by Gasteiger charge is -2.14. The monoisotopic (exact) mass is 284 g/mol. The third kappa shape index (κ3) is 4.94. The van der Waals surface area contributed by atoms with Crippen molar-refractivity contribution in [3.63, 3.8) is 0 Å². The van der Waals surface area contributed by atoms with Crippen LogP contribution >= 0.6 is 0 Å². The van der Waals surface area contributed by atoms with Crippen LogP contribution < -0.4 is 15.4 Å². The molecule has 1 amide bonds. The predicted molar refractivity (Wildman–Crippen MR) is 75.2 cm³/mol. The summed E-state index contributed by atoms with van der Waals surface area (Å²) < 4.78 is 9.96. The first kappa shape index (κ1) is 16.1. The van der Waals surface area contributed by atoms with Gasteiger partial charge >= 0.3 is 6.09 Å². The maximum atomic E-state index is 11.4. The highest BCUT2D eigenvalue weighted by Crippen LogP contribution is 2.28. The minimum Gasteiger partial charge on any atom is -0.494 e. The quantitative estimate of drug-likeness (QED) is 0.597. The number of anilines is 2. The van der Waals surface area contributed by atoms with Crippen LogP contribution in [0.25, 0.3) is 0 Å². The predicted octanol–water partition coefficient (Wildman–Crippen LogP) is 1.03. The first-order chi connectivity index (χ1) is 9.60. The second-order valence-corrected chi connectivity index (χ2v) is 3.98. The fourth-order valence-corrected chi connectivity index (χ4v) is 1.48. The Labute approximate surface area is 117 Å². The number of benzene rings is 1. The molecule has 7 heteroatoms. The summed E-state index contributed by atoms with van der Waals surface area (Å²) in [6.45, 7) is 1.90. The number of aliphatic hydroxyl groups excluding tert-OH is 2. The van der Waals surface area contributed by atoms with Crippen molar-refractivity contribution in [2.45, 2.75) is 13.0 Å². The molecule has 1 rings (SSSR count). The average molecular weight is 284 g/mol. The Hall–Kier alpha value is -1.99. The normalized spacial score (nSPS) is 11.6. The Balaban J connectivity index is 2.72. The van der Waals surface area contributed by atoms with E-state index in [1.165, 1.54) is 7.11 Å². The smallest absolute Gasteiger partial charge is 0.411 e. The van der Waals surface area contributed by atoms with Gasteiger partial charge in [-0.05, 0) is 19.1 Å². The largest absolute Gasteiger partial charge is 0.494 e. The van der Waals surface area contributed by atoms with E-state index in [4.69, 9.17) is 14.6 Å². The van der Waals surface area contributed by atoms with Crippen LogP contribution in [-0.2, 0) is 4.74 Å². The van der Waals surface area contributed by atoms with E-state index in [2.05, 4.69) is 10.6 Å². The summed E-state index contributed by atoms with van der Waals surface area (Å²) in [5.41, 5.74) is 1.18. The summed E-state index contributed by atoms with van der Waals surface area (Å²) in [6, 6.07) is 5.04. The molecule has 0 radical (unpaired) electrons. The molecule has 0 saturated carbocycles. The molecule has 1 atom stereocenters. The van der Waals surface area contributed by atoms with Gasteiger partial charge in [-0.3, -0.25) is 5.32 Å². The van der Waals surface area contributed by atoms with Crippen LogP contribution in [0.5, 0.6) is 5.75 Å². The van der Waals surface area contributed by atoms with E-state index in [0.717, 1.165) is 0 Å². The first-order valence-corrected chi connectivity index (χ1v) is 6.25. The molecular weight excluding hydrogens is 264 g/mol. The molecule has 0 aliphatic rings. The van der Waals surface area contributed by atoms with Gasteiger partial charge in [-0.25, -0.2) is 4.79 Å². The highest BCUT2D eigenvalue weighted by Gasteiger charge is 2.09. The number of aliphatic hydroxyl groups is 2. The Bertz CT molecular complexity index is 439. The van der Waals surface area contributed by atoms with E-state index >= 15 is 0 Å². The van der Waals surface area contributed by atoms with Gasteiger partial charge in [0.2, 0.25) is 0 Å². The number of carbonyl (C=O) groups is 1. The maximum absolute atomic E-state index is 11.4. The molecule has 0 saturated heterocycles. The maximum Gasteiger partial charge on any atom is 0.411 e. The molecule has 0 aliphatic carbocycles. The van der Waals surface area contributed by atoms with Crippen LogP contribution in [0.4, 0.5) is 16.2 Å². The van der Waals surface area contributed by atoms with E-state index in [1.807, 2.05) is 0 Å². The summed E-state index contributed by atoms with van der Waals surface area (Å²) in [5.74, 6) is 0.460. The summed E-state index contributed by atoms with van der Waals surface area (Å²) in [6.07, 6.45) is -1.39. The molecule has 1 aromatic carbocycles. The van der Waals surface area contributed by atoms with E-state index in [1.54, 1.807) is 25.1 Å². The number of hydrogen-bond acceptors (Lipinski definition) is 6. The fourth-order valence-electron chi connectivity index (χ4n) is 1.48. The highest BCUT2D eigenvalue weighted by molar-refractivity contribution is 5.87. The van der Waals surface area contributed by atoms with Gasteiger partial charge in [0.25, 0.3) is 0 Å². The van der Waals surface area contributed by atoms with Crippen molar-refractivity contribution in [3.05, 3.63) is 18.2 Å². The van der Waals surface area contributed by atoms with Gasteiger partial charge in [0.15, 0.2) is 0 Å². The summed E-state index contributed by atoms with van der Waals surface area (Å²) in [4.78, 5) is 11.4. The topological polar surface area (TPSA) is 100 Å². The van der Waals surface area contributed by atoms with Crippen molar-refractivity contribution in [2.75, 3.05) is 37.5 Å². The molecule has 0 bridgehead atoms. The van der Waals surface area contributed by atoms with Crippen LogP contribution in [-0.4, -0.2) is 49.3 Å². The Morgan fingerprint density at radius 2 is 2.20 bits per heavy atom. The Morgan fingerprint density at radius 3 is 2.80 bits per heavy atom. The zero-order valence-electron chi connectivity index (χ0n) is 11.5. The summed E-state index contributed by atoms with van der Waals surface area (Å²) >= 11 is 0. The van der Waals surface area contributed by atoms with Crippen molar-refractivity contribution >= 4 is 17.5 Å².